The number of para-hydroxylation sites is 1. The second-order valence-electron chi connectivity index (χ2n) is 4.67. The Bertz CT molecular complexity index is 603. The Balaban J connectivity index is 2.34. The van der Waals surface area contributed by atoms with Crippen LogP contribution in [0, 0.1) is 0 Å². The van der Waals surface area contributed by atoms with Crippen LogP contribution in [0.5, 0.6) is 5.75 Å². The molecular weight excluding hydrogens is 288 g/mol. The normalized spacial score (nSPS) is 16.1. The summed E-state index contributed by atoms with van der Waals surface area (Å²) in [5.41, 5.74) is 0.676. The van der Waals surface area contributed by atoms with Crippen LogP contribution < -0.4 is 15.4 Å². The number of thiocarbonyl (C=S) groups is 1. The number of nitrogens with one attached hydrogen (secondary N) is 2. The second-order valence-corrected chi connectivity index (χ2v) is 5.08. The van der Waals surface area contributed by atoms with Gasteiger partial charge in [-0.3, -0.25) is 20.2 Å². The van der Waals surface area contributed by atoms with Gasteiger partial charge < -0.3 is 4.74 Å². The van der Waals surface area contributed by atoms with Crippen LogP contribution in [0.2, 0.25) is 0 Å². The van der Waals surface area contributed by atoms with Gasteiger partial charge in [0.1, 0.15) is 11.3 Å². The first-order valence-electron chi connectivity index (χ1n) is 6.65. The second kappa shape index (κ2) is 6.49. The van der Waals surface area contributed by atoms with E-state index in [0.29, 0.717) is 11.3 Å². The van der Waals surface area contributed by atoms with Crippen molar-refractivity contribution in [3.05, 3.63) is 35.4 Å². The molecular formula is C15H16N2O3S. The Morgan fingerprint density at radius 3 is 2.48 bits per heavy atom. The van der Waals surface area contributed by atoms with Crippen LogP contribution in [-0.4, -0.2) is 23.0 Å². The Kier molecular flexibility index (Phi) is 4.70. The van der Waals surface area contributed by atoms with Gasteiger partial charge in [0, 0.05) is 5.56 Å². The highest BCUT2D eigenvalue weighted by Crippen LogP contribution is 2.23. The van der Waals surface area contributed by atoms with E-state index in [2.05, 4.69) is 10.6 Å². The van der Waals surface area contributed by atoms with Crippen molar-refractivity contribution in [2.75, 3.05) is 0 Å². The van der Waals surface area contributed by atoms with Crippen molar-refractivity contribution in [1.29, 1.82) is 0 Å². The summed E-state index contributed by atoms with van der Waals surface area (Å²) in [5, 5.41) is 4.83. The average Bonchev–Trinajstić information content (AvgIpc) is 2.44. The van der Waals surface area contributed by atoms with Crippen LogP contribution in [0.4, 0.5) is 0 Å². The van der Waals surface area contributed by atoms with Crippen molar-refractivity contribution < 1.29 is 14.3 Å². The Morgan fingerprint density at radius 1 is 1.24 bits per heavy atom. The molecule has 5 nitrogen and oxygen atoms in total. The molecule has 2 amide bonds. The van der Waals surface area contributed by atoms with E-state index in [1.165, 1.54) is 6.08 Å². The van der Waals surface area contributed by atoms with Gasteiger partial charge in [0.05, 0.1) is 6.10 Å². The molecule has 0 aromatic heterocycles. The number of rotatable bonds is 4. The summed E-state index contributed by atoms with van der Waals surface area (Å²) in [6, 6.07) is 7.26. The van der Waals surface area contributed by atoms with Crippen molar-refractivity contribution in [2.45, 2.75) is 26.4 Å². The number of ether oxygens (including phenoxy) is 1. The monoisotopic (exact) mass is 304 g/mol. The van der Waals surface area contributed by atoms with Crippen LogP contribution in [0.15, 0.2) is 29.8 Å². The van der Waals surface area contributed by atoms with Gasteiger partial charge in [-0.25, -0.2) is 0 Å². The molecule has 1 aromatic rings. The van der Waals surface area contributed by atoms with Gasteiger partial charge >= 0.3 is 0 Å². The van der Waals surface area contributed by atoms with Crippen molar-refractivity contribution >= 4 is 35.2 Å². The third-order valence-electron chi connectivity index (χ3n) is 3.07. The summed E-state index contributed by atoms with van der Waals surface area (Å²) in [5.74, 6) is -0.391. The number of carbonyl (C=O) groups is 2. The molecule has 110 valence electrons. The fourth-order valence-corrected chi connectivity index (χ4v) is 1.95. The number of amides is 2. The first-order chi connectivity index (χ1) is 10.0. The lowest BCUT2D eigenvalue weighted by molar-refractivity contribution is -0.123. The van der Waals surface area contributed by atoms with Crippen molar-refractivity contribution in [1.82, 2.24) is 10.6 Å². The zero-order valence-electron chi connectivity index (χ0n) is 11.8. The minimum absolute atomic E-state index is 0.00352. The van der Waals surface area contributed by atoms with E-state index < -0.39 is 11.8 Å². The van der Waals surface area contributed by atoms with Gasteiger partial charge in [0.15, 0.2) is 5.11 Å². The van der Waals surface area contributed by atoms with Gasteiger partial charge in [0.2, 0.25) is 0 Å². The van der Waals surface area contributed by atoms with Gasteiger partial charge in [-0.1, -0.05) is 25.1 Å². The zero-order chi connectivity index (χ0) is 15.4. The molecule has 1 aliphatic heterocycles. The highest BCUT2D eigenvalue weighted by Gasteiger charge is 2.26. The number of hydrogen-bond donors (Lipinski definition) is 2. The topological polar surface area (TPSA) is 67.4 Å². The molecule has 1 aliphatic rings. The van der Waals surface area contributed by atoms with Crippen LogP contribution in [0.3, 0.4) is 0 Å². The smallest absolute Gasteiger partial charge is 0.263 e. The molecule has 6 heteroatoms. The van der Waals surface area contributed by atoms with E-state index in [4.69, 9.17) is 17.0 Å². The van der Waals surface area contributed by atoms with Gasteiger partial charge in [0.25, 0.3) is 11.8 Å². The third-order valence-corrected chi connectivity index (χ3v) is 3.27. The van der Waals surface area contributed by atoms with E-state index in [9.17, 15) is 9.59 Å². The maximum absolute atomic E-state index is 11.8. The van der Waals surface area contributed by atoms with Crippen LogP contribution >= 0.6 is 12.2 Å². The van der Waals surface area contributed by atoms with Gasteiger partial charge in [-0.05, 0) is 37.7 Å². The summed E-state index contributed by atoms with van der Waals surface area (Å²) in [7, 11) is 0. The highest BCUT2D eigenvalue weighted by molar-refractivity contribution is 7.80. The lowest BCUT2D eigenvalue weighted by atomic mass is 10.1. The van der Waals surface area contributed by atoms with Gasteiger partial charge in [-0.15, -0.1) is 0 Å². The first-order valence-corrected chi connectivity index (χ1v) is 7.06. The number of carbonyl (C=O) groups excluding carboxylic acids is 2. The molecule has 0 bridgehead atoms. The molecule has 0 radical (unpaired) electrons. The fourth-order valence-electron chi connectivity index (χ4n) is 1.77. The SMILES string of the molecule is CC[C@H](C)Oc1ccccc1C=C1C(=O)NC(=S)NC1=O. The predicted molar refractivity (Wildman–Crippen MR) is 83.7 cm³/mol. The lowest BCUT2D eigenvalue weighted by Crippen LogP contribution is -2.51. The van der Waals surface area contributed by atoms with Crippen LogP contribution in [-0.2, 0) is 9.59 Å². The molecule has 1 heterocycles. The number of benzene rings is 1. The molecule has 0 saturated carbocycles. The molecule has 0 aliphatic carbocycles. The van der Waals surface area contributed by atoms with Crippen molar-refractivity contribution in [2.24, 2.45) is 0 Å². The zero-order valence-corrected chi connectivity index (χ0v) is 12.6. The third kappa shape index (κ3) is 3.66. The number of hydrogen-bond acceptors (Lipinski definition) is 4. The minimum Gasteiger partial charge on any atom is -0.490 e. The van der Waals surface area contributed by atoms with E-state index in [-0.39, 0.29) is 16.8 Å². The Labute approximate surface area is 128 Å². The Morgan fingerprint density at radius 2 is 1.86 bits per heavy atom. The molecule has 1 atom stereocenters. The highest BCUT2D eigenvalue weighted by atomic mass is 32.1. The van der Waals surface area contributed by atoms with E-state index in [1.807, 2.05) is 32.0 Å². The molecule has 1 saturated heterocycles. The largest absolute Gasteiger partial charge is 0.490 e. The lowest BCUT2D eigenvalue weighted by Gasteiger charge is -2.18. The van der Waals surface area contributed by atoms with Crippen molar-refractivity contribution in [3.8, 4) is 5.75 Å². The molecule has 0 unspecified atom stereocenters. The molecule has 21 heavy (non-hydrogen) atoms. The fraction of sp³-hybridized carbons (Fsp3) is 0.267. The summed E-state index contributed by atoms with van der Waals surface area (Å²) < 4.78 is 5.79. The summed E-state index contributed by atoms with van der Waals surface area (Å²) in [4.78, 5) is 23.7. The van der Waals surface area contributed by atoms with Crippen LogP contribution in [0.1, 0.15) is 25.8 Å². The predicted octanol–water partition coefficient (Wildman–Crippen LogP) is 1.78. The van der Waals surface area contributed by atoms with Crippen molar-refractivity contribution in [3.63, 3.8) is 0 Å². The molecule has 1 aromatic carbocycles. The van der Waals surface area contributed by atoms with E-state index >= 15 is 0 Å². The summed E-state index contributed by atoms with van der Waals surface area (Å²) in [6.45, 7) is 3.98. The first kappa shape index (κ1) is 15.2. The quantitative estimate of drug-likeness (QED) is 0.505. The van der Waals surface area contributed by atoms with Gasteiger partial charge in [-0.2, -0.15) is 0 Å². The minimum atomic E-state index is -0.512. The maximum Gasteiger partial charge on any atom is 0.263 e. The molecule has 0 spiro atoms. The average molecular weight is 304 g/mol. The standard InChI is InChI=1S/C15H16N2O3S/c1-3-9(2)20-12-7-5-4-6-10(12)8-11-13(18)16-15(21)17-14(11)19/h4-9H,3H2,1-2H3,(H2,16,17,18,19,21)/t9-/m0/s1. The maximum atomic E-state index is 11.8. The summed E-state index contributed by atoms with van der Waals surface area (Å²) >= 11 is 4.76. The Hall–Kier alpha value is -2.21. The van der Waals surface area contributed by atoms with E-state index in [1.54, 1.807) is 6.07 Å². The summed E-state index contributed by atoms with van der Waals surface area (Å²) in [6.07, 6.45) is 2.41. The van der Waals surface area contributed by atoms with E-state index in [0.717, 1.165) is 6.42 Å². The molecule has 2 rings (SSSR count). The molecule has 1 fully saturated rings. The molecule has 2 N–H and O–H groups in total. The van der Waals surface area contributed by atoms with Crippen LogP contribution in [0.25, 0.3) is 6.08 Å².